The molecule has 3 aromatic carbocycles. The fourth-order valence-corrected chi connectivity index (χ4v) is 5.04. The van der Waals surface area contributed by atoms with Crippen molar-refractivity contribution in [2.24, 2.45) is 0 Å². The maximum Gasteiger partial charge on any atom is 0.343 e. The van der Waals surface area contributed by atoms with E-state index in [4.69, 9.17) is 21.1 Å². The van der Waals surface area contributed by atoms with Gasteiger partial charge < -0.3 is 14.8 Å². The second-order valence-corrected chi connectivity index (χ2v) is 9.74. The highest BCUT2D eigenvalue weighted by atomic mass is 35.5. The van der Waals surface area contributed by atoms with Crippen molar-refractivity contribution in [2.75, 3.05) is 31.6 Å². The van der Waals surface area contributed by atoms with Crippen LogP contribution in [0.5, 0.6) is 5.75 Å². The van der Waals surface area contributed by atoms with E-state index in [-0.39, 0.29) is 29.3 Å². The van der Waals surface area contributed by atoms with Crippen molar-refractivity contribution in [2.45, 2.75) is 4.90 Å². The Morgan fingerprint density at radius 3 is 2.44 bits per heavy atom. The fraction of sp³-hybridized carbons (Fsp3) is 0.167. The molecule has 1 saturated heterocycles. The number of hydrogen-bond donors (Lipinski definition) is 1. The summed E-state index contributed by atoms with van der Waals surface area (Å²) in [5, 5.41) is 3.02. The predicted molar refractivity (Wildman–Crippen MR) is 127 cm³/mol. The second-order valence-electron chi connectivity index (χ2n) is 7.40. The van der Waals surface area contributed by atoms with E-state index in [0.717, 1.165) is 0 Å². The number of carbonyl (C=O) groups excluding carboxylic acids is 2. The molecule has 176 valence electrons. The van der Waals surface area contributed by atoms with Gasteiger partial charge in [0.15, 0.2) is 0 Å². The van der Waals surface area contributed by atoms with E-state index < -0.39 is 21.9 Å². The van der Waals surface area contributed by atoms with Crippen molar-refractivity contribution in [3.05, 3.63) is 88.9 Å². The Morgan fingerprint density at radius 2 is 1.68 bits per heavy atom. The van der Waals surface area contributed by atoms with Gasteiger partial charge in [0.1, 0.15) is 5.75 Å². The zero-order chi connectivity index (χ0) is 24.1. The number of nitrogens with one attached hydrogen (secondary N) is 1. The van der Waals surface area contributed by atoms with E-state index in [0.29, 0.717) is 29.5 Å². The lowest BCUT2D eigenvalue weighted by atomic mass is 10.2. The van der Waals surface area contributed by atoms with Crippen LogP contribution in [0.1, 0.15) is 20.7 Å². The van der Waals surface area contributed by atoms with E-state index in [1.807, 2.05) is 0 Å². The molecule has 0 atom stereocenters. The summed E-state index contributed by atoms with van der Waals surface area (Å²) < 4.78 is 37.7. The molecular formula is C24H21ClN2O6S. The van der Waals surface area contributed by atoms with Gasteiger partial charge in [-0.05, 0) is 42.5 Å². The van der Waals surface area contributed by atoms with Gasteiger partial charge in [-0.25, -0.2) is 13.2 Å². The number of morpholine rings is 1. The average molecular weight is 501 g/mol. The second kappa shape index (κ2) is 10.4. The van der Waals surface area contributed by atoms with Gasteiger partial charge in [0.2, 0.25) is 10.0 Å². The van der Waals surface area contributed by atoms with E-state index >= 15 is 0 Å². The standard InChI is InChI=1S/C24H21ClN2O6S/c25-22-10-2-1-9-21(22)23(28)26-18-6-4-7-19(16-18)33-24(29)17-5-3-8-20(15-17)34(30,31)27-11-13-32-14-12-27/h1-10,15-16H,11-14H2,(H,26,28). The number of nitrogens with zero attached hydrogens (tertiary/aromatic N) is 1. The first-order chi connectivity index (χ1) is 16.3. The number of halogens is 1. The average Bonchev–Trinajstić information content (AvgIpc) is 2.85. The molecule has 0 unspecified atom stereocenters. The summed E-state index contributed by atoms with van der Waals surface area (Å²) in [4.78, 5) is 25.2. The number of esters is 1. The lowest BCUT2D eigenvalue weighted by molar-refractivity contribution is 0.0727. The molecule has 0 saturated carbocycles. The van der Waals surface area contributed by atoms with Gasteiger partial charge in [-0.15, -0.1) is 0 Å². The molecule has 0 aliphatic carbocycles. The van der Waals surface area contributed by atoms with Crippen molar-refractivity contribution >= 4 is 39.2 Å². The summed E-state index contributed by atoms with van der Waals surface area (Å²) in [6.07, 6.45) is 0. The maximum absolute atomic E-state index is 12.9. The highest BCUT2D eigenvalue weighted by molar-refractivity contribution is 7.89. The zero-order valence-electron chi connectivity index (χ0n) is 17.9. The molecule has 1 aliphatic rings. The molecular weight excluding hydrogens is 480 g/mol. The van der Waals surface area contributed by atoms with E-state index in [2.05, 4.69) is 5.32 Å². The van der Waals surface area contributed by atoms with Gasteiger partial charge in [-0.3, -0.25) is 4.79 Å². The van der Waals surface area contributed by atoms with Crippen LogP contribution in [0, 0.1) is 0 Å². The van der Waals surface area contributed by atoms with E-state index in [1.165, 1.54) is 34.6 Å². The molecule has 4 rings (SSSR count). The quantitative estimate of drug-likeness (QED) is 0.407. The van der Waals surface area contributed by atoms with Gasteiger partial charge in [0.25, 0.3) is 5.91 Å². The van der Waals surface area contributed by atoms with Crippen LogP contribution < -0.4 is 10.1 Å². The summed E-state index contributed by atoms with van der Waals surface area (Å²) in [7, 11) is -3.75. The highest BCUT2D eigenvalue weighted by Gasteiger charge is 2.27. The Hall–Kier alpha value is -3.24. The maximum atomic E-state index is 12.9. The normalized spacial score (nSPS) is 14.4. The predicted octanol–water partition coefficient (Wildman–Crippen LogP) is 3.83. The van der Waals surface area contributed by atoms with Crippen molar-refractivity contribution in [1.82, 2.24) is 4.31 Å². The minimum Gasteiger partial charge on any atom is -0.423 e. The van der Waals surface area contributed by atoms with Crippen LogP contribution in [0.15, 0.2) is 77.7 Å². The summed E-state index contributed by atoms with van der Waals surface area (Å²) in [5.41, 5.74) is 0.795. The van der Waals surface area contributed by atoms with E-state index in [9.17, 15) is 18.0 Å². The third-order valence-corrected chi connectivity index (χ3v) is 7.32. The Labute approximate surface area is 202 Å². The third kappa shape index (κ3) is 5.45. The number of amides is 1. The van der Waals surface area contributed by atoms with Crippen molar-refractivity contribution in [3.63, 3.8) is 0 Å². The monoisotopic (exact) mass is 500 g/mol. The zero-order valence-corrected chi connectivity index (χ0v) is 19.5. The van der Waals surface area contributed by atoms with Crippen LogP contribution in [-0.2, 0) is 14.8 Å². The minimum atomic E-state index is -3.75. The molecule has 0 radical (unpaired) electrons. The van der Waals surface area contributed by atoms with Gasteiger partial charge in [0, 0.05) is 24.8 Å². The molecule has 0 bridgehead atoms. The first kappa shape index (κ1) is 23.9. The number of ether oxygens (including phenoxy) is 2. The Morgan fingerprint density at radius 1 is 0.941 bits per heavy atom. The van der Waals surface area contributed by atoms with Crippen LogP contribution in [0.3, 0.4) is 0 Å². The van der Waals surface area contributed by atoms with Crippen LogP contribution in [-0.4, -0.2) is 50.9 Å². The number of benzene rings is 3. The number of hydrogen-bond acceptors (Lipinski definition) is 6. The van der Waals surface area contributed by atoms with Gasteiger partial charge in [-0.2, -0.15) is 4.31 Å². The first-order valence-electron chi connectivity index (χ1n) is 10.4. The summed E-state index contributed by atoms with van der Waals surface area (Å²) >= 11 is 6.07. The highest BCUT2D eigenvalue weighted by Crippen LogP contribution is 2.23. The molecule has 0 aromatic heterocycles. The lowest BCUT2D eigenvalue weighted by Gasteiger charge is -2.26. The molecule has 1 fully saturated rings. The Balaban J connectivity index is 1.48. The van der Waals surface area contributed by atoms with Crippen LogP contribution in [0.4, 0.5) is 5.69 Å². The van der Waals surface area contributed by atoms with Crippen molar-refractivity contribution in [3.8, 4) is 5.75 Å². The van der Waals surface area contributed by atoms with Crippen molar-refractivity contribution < 1.29 is 27.5 Å². The van der Waals surface area contributed by atoms with Gasteiger partial charge in [-0.1, -0.05) is 35.9 Å². The largest absolute Gasteiger partial charge is 0.423 e. The summed E-state index contributed by atoms with van der Waals surface area (Å²) in [5.74, 6) is -0.952. The number of rotatable bonds is 6. The Kier molecular flexibility index (Phi) is 7.28. The topological polar surface area (TPSA) is 102 Å². The lowest BCUT2D eigenvalue weighted by Crippen LogP contribution is -2.40. The molecule has 1 N–H and O–H groups in total. The van der Waals surface area contributed by atoms with E-state index in [1.54, 1.807) is 42.5 Å². The Bertz CT molecular complexity index is 1320. The first-order valence-corrected chi connectivity index (χ1v) is 12.2. The molecule has 0 spiro atoms. The van der Waals surface area contributed by atoms with Gasteiger partial charge >= 0.3 is 5.97 Å². The molecule has 1 heterocycles. The fourth-order valence-electron chi connectivity index (χ4n) is 3.37. The molecule has 1 aliphatic heterocycles. The number of anilines is 1. The van der Waals surface area contributed by atoms with Crippen LogP contribution in [0.25, 0.3) is 0 Å². The molecule has 3 aromatic rings. The third-order valence-electron chi connectivity index (χ3n) is 5.10. The smallest absolute Gasteiger partial charge is 0.343 e. The molecule has 1 amide bonds. The minimum absolute atomic E-state index is 0.00426. The number of carbonyl (C=O) groups is 2. The molecule has 8 nitrogen and oxygen atoms in total. The summed E-state index contributed by atoms with van der Waals surface area (Å²) in [6, 6.07) is 18.6. The molecule has 34 heavy (non-hydrogen) atoms. The van der Waals surface area contributed by atoms with Crippen LogP contribution >= 0.6 is 11.6 Å². The van der Waals surface area contributed by atoms with Crippen LogP contribution in [0.2, 0.25) is 5.02 Å². The van der Waals surface area contributed by atoms with Crippen molar-refractivity contribution in [1.29, 1.82) is 0 Å². The summed E-state index contributed by atoms with van der Waals surface area (Å²) in [6.45, 7) is 1.15. The molecule has 10 heteroatoms. The number of sulfonamides is 1. The van der Waals surface area contributed by atoms with Gasteiger partial charge in [0.05, 0.1) is 34.3 Å². The SMILES string of the molecule is O=C(Oc1cccc(NC(=O)c2ccccc2Cl)c1)c1cccc(S(=O)(=O)N2CCOCC2)c1.